The van der Waals surface area contributed by atoms with Crippen molar-refractivity contribution in [1.29, 1.82) is 0 Å². The third-order valence-corrected chi connectivity index (χ3v) is 5.54. The van der Waals surface area contributed by atoms with E-state index in [0.717, 1.165) is 10.7 Å². The monoisotopic (exact) mass is 315 g/mol. The average molecular weight is 316 g/mol. The van der Waals surface area contributed by atoms with E-state index in [1.54, 1.807) is 0 Å². The van der Waals surface area contributed by atoms with Crippen molar-refractivity contribution < 1.29 is 0 Å². The molecule has 1 N–H and O–H groups in total. The molecule has 0 spiro atoms. The molecular formula is C18H18ClNS. The molecular weight excluding hydrogens is 298 g/mol. The van der Waals surface area contributed by atoms with Crippen LogP contribution in [0.15, 0.2) is 42.5 Å². The lowest BCUT2D eigenvalue weighted by Gasteiger charge is -2.17. The maximum atomic E-state index is 6.10. The second-order valence-electron chi connectivity index (χ2n) is 5.41. The molecule has 0 radical (unpaired) electrons. The van der Waals surface area contributed by atoms with Gasteiger partial charge in [-0.3, -0.25) is 0 Å². The van der Waals surface area contributed by atoms with E-state index < -0.39 is 0 Å². The van der Waals surface area contributed by atoms with Crippen LogP contribution in [0.3, 0.4) is 0 Å². The zero-order chi connectivity index (χ0) is 15.0. The van der Waals surface area contributed by atoms with Crippen molar-refractivity contribution in [1.82, 2.24) is 0 Å². The molecule has 1 heterocycles. The molecule has 3 rings (SSSR count). The van der Waals surface area contributed by atoms with Crippen LogP contribution < -0.4 is 5.32 Å². The number of hydrogen-bond acceptors (Lipinski definition) is 2. The summed E-state index contributed by atoms with van der Waals surface area (Å²) in [6.07, 6.45) is 0. The quantitative estimate of drug-likeness (QED) is 0.594. The Hall–Kier alpha value is -1.51. The standard InChI is InChI=1S/C18H18ClNS/c1-11-8-9-14(19)10-16(11)20-13(3)18-12(2)15-6-4-5-7-17(15)21-18/h4-10,13,20H,1-3H3. The van der Waals surface area contributed by atoms with E-state index in [-0.39, 0.29) is 6.04 Å². The fourth-order valence-corrected chi connectivity index (χ4v) is 4.04. The summed E-state index contributed by atoms with van der Waals surface area (Å²) in [4.78, 5) is 1.38. The van der Waals surface area contributed by atoms with Crippen LogP contribution >= 0.6 is 22.9 Å². The van der Waals surface area contributed by atoms with E-state index in [1.165, 1.54) is 26.1 Å². The number of thiophene rings is 1. The Balaban J connectivity index is 1.95. The third-order valence-electron chi connectivity index (χ3n) is 3.85. The van der Waals surface area contributed by atoms with Gasteiger partial charge >= 0.3 is 0 Å². The lowest BCUT2D eigenvalue weighted by atomic mass is 10.1. The summed E-state index contributed by atoms with van der Waals surface area (Å²) >= 11 is 7.97. The second-order valence-corrected chi connectivity index (χ2v) is 6.93. The Labute approximate surface area is 134 Å². The Morgan fingerprint density at radius 1 is 1.10 bits per heavy atom. The first-order chi connectivity index (χ1) is 10.1. The van der Waals surface area contributed by atoms with Crippen LogP contribution in [0, 0.1) is 13.8 Å². The molecule has 0 aliphatic heterocycles. The van der Waals surface area contributed by atoms with Gasteiger partial charge in [0.15, 0.2) is 0 Å². The lowest BCUT2D eigenvalue weighted by molar-refractivity contribution is 0.898. The summed E-state index contributed by atoms with van der Waals surface area (Å²) in [6, 6.07) is 14.8. The molecule has 108 valence electrons. The summed E-state index contributed by atoms with van der Waals surface area (Å²) < 4.78 is 1.35. The van der Waals surface area contributed by atoms with Gasteiger partial charge in [0.05, 0.1) is 6.04 Å². The maximum Gasteiger partial charge on any atom is 0.0581 e. The van der Waals surface area contributed by atoms with Gasteiger partial charge in [-0.15, -0.1) is 11.3 Å². The normalized spacial score (nSPS) is 12.6. The highest BCUT2D eigenvalue weighted by molar-refractivity contribution is 7.19. The average Bonchev–Trinajstić information content (AvgIpc) is 2.81. The van der Waals surface area contributed by atoms with Crippen molar-refractivity contribution in [2.24, 2.45) is 0 Å². The summed E-state index contributed by atoms with van der Waals surface area (Å²) in [6.45, 7) is 6.51. The lowest BCUT2D eigenvalue weighted by Crippen LogP contribution is -2.07. The molecule has 0 bridgehead atoms. The highest BCUT2D eigenvalue weighted by Gasteiger charge is 2.15. The molecule has 0 aliphatic carbocycles. The molecule has 0 saturated carbocycles. The molecule has 0 fully saturated rings. The fourth-order valence-electron chi connectivity index (χ4n) is 2.65. The van der Waals surface area contributed by atoms with Gasteiger partial charge in [-0.2, -0.15) is 0 Å². The largest absolute Gasteiger partial charge is 0.377 e. The number of anilines is 1. The van der Waals surface area contributed by atoms with Crippen molar-refractivity contribution in [3.05, 3.63) is 63.5 Å². The smallest absolute Gasteiger partial charge is 0.0581 e. The van der Waals surface area contributed by atoms with Crippen LogP contribution in [0.2, 0.25) is 5.02 Å². The maximum absolute atomic E-state index is 6.10. The van der Waals surface area contributed by atoms with Crippen molar-refractivity contribution in [3.8, 4) is 0 Å². The van der Waals surface area contributed by atoms with Crippen LogP contribution in [-0.2, 0) is 0 Å². The number of fused-ring (bicyclic) bond motifs is 1. The number of halogens is 1. The highest BCUT2D eigenvalue weighted by Crippen LogP contribution is 2.36. The van der Waals surface area contributed by atoms with Gasteiger partial charge in [0.2, 0.25) is 0 Å². The fraction of sp³-hybridized carbons (Fsp3) is 0.222. The molecule has 0 amide bonds. The van der Waals surface area contributed by atoms with Gasteiger partial charge in [-0.05, 0) is 55.5 Å². The SMILES string of the molecule is Cc1ccc(Cl)cc1NC(C)c1sc2ccccc2c1C. The van der Waals surface area contributed by atoms with Gasteiger partial charge in [-0.25, -0.2) is 0 Å². The molecule has 3 heteroatoms. The molecule has 3 aromatic rings. The van der Waals surface area contributed by atoms with Crippen LogP contribution in [0.1, 0.15) is 29.0 Å². The van der Waals surface area contributed by atoms with Crippen molar-refractivity contribution >= 4 is 38.7 Å². The van der Waals surface area contributed by atoms with Gasteiger partial charge < -0.3 is 5.32 Å². The highest BCUT2D eigenvalue weighted by atomic mass is 35.5. The molecule has 2 aromatic carbocycles. The van der Waals surface area contributed by atoms with Crippen LogP contribution in [0.25, 0.3) is 10.1 Å². The van der Waals surface area contributed by atoms with E-state index in [2.05, 4.69) is 56.4 Å². The number of aryl methyl sites for hydroxylation is 2. The van der Waals surface area contributed by atoms with Crippen molar-refractivity contribution in [3.63, 3.8) is 0 Å². The summed E-state index contributed by atoms with van der Waals surface area (Å²) in [5, 5.41) is 5.72. The predicted octanol–water partition coefficient (Wildman–Crippen LogP) is 6.34. The zero-order valence-corrected chi connectivity index (χ0v) is 14.0. The topological polar surface area (TPSA) is 12.0 Å². The number of benzene rings is 2. The number of nitrogens with one attached hydrogen (secondary N) is 1. The Morgan fingerprint density at radius 3 is 2.62 bits per heavy atom. The van der Waals surface area contributed by atoms with E-state index in [0.29, 0.717) is 0 Å². The number of rotatable bonds is 3. The number of hydrogen-bond donors (Lipinski definition) is 1. The minimum absolute atomic E-state index is 0.263. The second kappa shape index (κ2) is 5.70. The van der Waals surface area contributed by atoms with Gasteiger partial charge in [0, 0.05) is 20.3 Å². The van der Waals surface area contributed by atoms with Gasteiger partial charge in [0.1, 0.15) is 0 Å². The predicted molar refractivity (Wildman–Crippen MR) is 94.8 cm³/mol. The molecule has 1 aromatic heterocycles. The first-order valence-corrected chi connectivity index (χ1v) is 8.26. The molecule has 1 atom stereocenters. The summed E-state index contributed by atoms with van der Waals surface area (Å²) in [7, 11) is 0. The minimum Gasteiger partial charge on any atom is -0.377 e. The Morgan fingerprint density at radius 2 is 1.86 bits per heavy atom. The first kappa shape index (κ1) is 14.4. The van der Waals surface area contributed by atoms with E-state index >= 15 is 0 Å². The van der Waals surface area contributed by atoms with Crippen LogP contribution in [-0.4, -0.2) is 0 Å². The van der Waals surface area contributed by atoms with Gasteiger partial charge in [-0.1, -0.05) is 35.9 Å². The summed E-state index contributed by atoms with van der Waals surface area (Å²) in [5.41, 5.74) is 3.69. The van der Waals surface area contributed by atoms with E-state index in [9.17, 15) is 0 Å². The van der Waals surface area contributed by atoms with Crippen molar-refractivity contribution in [2.75, 3.05) is 5.32 Å². The van der Waals surface area contributed by atoms with Gasteiger partial charge in [0.25, 0.3) is 0 Å². The van der Waals surface area contributed by atoms with E-state index in [1.807, 2.05) is 23.5 Å². The zero-order valence-electron chi connectivity index (χ0n) is 12.4. The van der Waals surface area contributed by atoms with Crippen molar-refractivity contribution in [2.45, 2.75) is 26.8 Å². The summed E-state index contributed by atoms with van der Waals surface area (Å²) in [5.74, 6) is 0. The minimum atomic E-state index is 0.263. The molecule has 1 unspecified atom stereocenters. The van der Waals surface area contributed by atoms with E-state index in [4.69, 9.17) is 11.6 Å². The van der Waals surface area contributed by atoms with Crippen LogP contribution in [0.5, 0.6) is 0 Å². The molecule has 0 aliphatic rings. The molecule has 0 saturated heterocycles. The Bertz CT molecular complexity index is 791. The molecule has 21 heavy (non-hydrogen) atoms. The molecule has 1 nitrogen and oxygen atoms in total. The third kappa shape index (κ3) is 2.78. The Kier molecular flexibility index (Phi) is 3.92. The van der Waals surface area contributed by atoms with Crippen LogP contribution in [0.4, 0.5) is 5.69 Å². The first-order valence-electron chi connectivity index (χ1n) is 7.07.